The van der Waals surface area contributed by atoms with Gasteiger partial charge in [-0.3, -0.25) is 14.6 Å². The normalized spacial score (nSPS) is 12.8. The molecule has 0 aliphatic heterocycles. The van der Waals surface area contributed by atoms with E-state index in [1.807, 2.05) is 25.1 Å². The third kappa shape index (κ3) is 5.91. The lowest BCUT2D eigenvalue weighted by atomic mass is 10.1. The Kier molecular flexibility index (Phi) is 7.43. The van der Waals surface area contributed by atoms with Crippen molar-refractivity contribution in [1.29, 1.82) is 0 Å². The molecule has 0 saturated heterocycles. The minimum atomic E-state index is -0.224. The van der Waals surface area contributed by atoms with Crippen molar-refractivity contribution in [3.63, 3.8) is 0 Å². The Hall–Kier alpha value is -3.45. The lowest BCUT2D eigenvalue weighted by molar-refractivity contribution is -0.116. The molecule has 4 rings (SSSR count). The van der Waals surface area contributed by atoms with Gasteiger partial charge < -0.3 is 15.0 Å². The molecule has 1 aromatic carbocycles. The summed E-state index contributed by atoms with van der Waals surface area (Å²) in [6.07, 6.45) is 5.52. The zero-order valence-electron chi connectivity index (χ0n) is 19.3. The summed E-state index contributed by atoms with van der Waals surface area (Å²) in [6.45, 7) is 5.06. The summed E-state index contributed by atoms with van der Waals surface area (Å²) < 4.78 is 5.32. The fourth-order valence-electron chi connectivity index (χ4n) is 3.57. The van der Waals surface area contributed by atoms with E-state index in [-0.39, 0.29) is 11.8 Å². The van der Waals surface area contributed by atoms with Crippen molar-refractivity contribution in [2.45, 2.75) is 33.2 Å². The Morgan fingerprint density at radius 3 is 2.53 bits per heavy atom. The number of rotatable bonds is 9. The molecular weight excluding hydrogens is 452 g/mol. The molecule has 34 heavy (non-hydrogen) atoms. The third-order valence-corrected chi connectivity index (χ3v) is 5.92. The summed E-state index contributed by atoms with van der Waals surface area (Å²) in [6, 6.07) is 12.7. The topological polar surface area (TPSA) is 84.4 Å². The molecule has 0 radical (unpaired) electrons. The fourth-order valence-corrected chi connectivity index (χ4v) is 3.85. The summed E-state index contributed by atoms with van der Waals surface area (Å²) in [7, 11) is 0. The van der Waals surface area contributed by atoms with E-state index in [0.29, 0.717) is 53.5 Å². The highest BCUT2D eigenvalue weighted by atomic mass is 35.5. The molecule has 2 amide bonds. The van der Waals surface area contributed by atoms with Crippen LogP contribution in [-0.4, -0.2) is 34.9 Å². The number of aromatic nitrogens is 2. The number of hydrogen-bond acceptors (Lipinski definition) is 5. The lowest BCUT2D eigenvalue weighted by Crippen LogP contribution is -2.30. The van der Waals surface area contributed by atoms with E-state index in [4.69, 9.17) is 16.3 Å². The predicted octanol–water partition coefficient (Wildman–Crippen LogP) is 4.89. The highest BCUT2D eigenvalue weighted by Crippen LogP contribution is 2.35. The van der Waals surface area contributed by atoms with Crippen molar-refractivity contribution in [2.24, 2.45) is 5.92 Å². The van der Waals surface area contributed by atoms with Crippen molar-refractivity contribution < 1.29 is 14.3 Å². The van der Waals surface area contributed by atoms with Gasteiger partial charge in [0.05, 0.1) is 28.6 Å². The van der Waals surface area contributed by atoms with Crippen molar-refractivity contribution >= 4 is 29.1 Å². The lowest BCUT2D eigenvalue weighted by Gasteiger charge is -2.22. The Bertz CT molecular complexity index is 1160. The van der Waals surface area contributed by atoms with E-state index in [0.717, 1.165) is 24.0 Å². The number of hydrogen-bond donors (Lipinski definition) is 1. The van der Waals surface area contributed by atoms with Gasteiger partial charge in [-0.05, 0) is 55.5 Å². The molecule has 1 aliphatic rings. The Labute approximate surface area is 204 Å². The van der Waals surface area contributed by atoms with Gasteiger partial charge in [-0.2, -0.15) is 0 Å². The van der Waals surface area contributed by atoms with E-state index >= 15 is 0 Å². The van der Waals surface area contributed by atoms with E-state index < -0.39 is 0 Å². The van der Waals surface area contributed by atoms with Crippen LogP contribution in [0, 0.1) is 5.92 Å². The molecule has 0 unspecified atom stereocenters. The summed E-state index contributed by atoms with van der Waals surface area (Å²) >= 11 is 6.53. The standard InChI is InChI=1S/C26H27ClN4O3/c1-3-34-25-11-6-19(13-29-25)14-30-26(33)21-7-9-23(28-15-21)20-8-10-24(22(27)12-20)31(17(2)32)16-18-4-5-18/h6-13,15,18H,3-5,14,16H2,1-2H3,(H,30,33). The summed E-state index contributed by atoms with van der Waals surface area (Å²) in [5, 5.41) is 3.37. The molecule has 1 fully saturated rings. The van der Waals surface area contributed by atoms with Gasteiger partial charge in [0.2, 0.25) is 11.8 Å². The molecule has 1 N–H and O–H groups in total. The van der Waals surface area contributed by atoms with E-state index in [2.05, 4.69) is 15.3 Å². The molecule has 2 heterocycles. The van der Waals surface area contributed by atoms with Gasteiger partial charge in [0.15, 0.2) is 0 Å². The van der Waals surface area contributed by atoms with Crippen molar-refractivity contribution in [2.75, 3.05) is 18.1 Å². The SMILES string of the molecule is CCOc1ccc(CNC(=O)c2ccc(-c3ccc(N(CC4CC4)C(C)=O)c(Cl)c3)nc2)cn1. The Morgan fingerprint density at radius 2 is 1.94 bits per heavy atom. The molecule has 7 nitrogen and oxygen atoms in total. The van der Waals surface area contributed by atoms with Crippen molar-refractivity contribution in [1.82, 2.24) is 15.3 Å². The first kappa shape index (κ1) is 23.7. The van der Waals surface area contributed by atoms with Crippen LogP contribution in [0.1, 0.15) is 42.6 Å². The number of amides is 2. The number of nitrogens with one attached hydrogen (secondary N) is 1. The van der Waals surface area contributed by atoms with Crippen molar-refractivity contribution in [3.8, 4) is 17.1 Å². The van der Waals surface area contributed by atoms with Gasteiger partial charge in [-0.1, -0.05) is 23.7 Å². The van der Waals surface area contributed by atoms with Gasteiger partial charge in [0.25, 0.3) is 5.91 Å². The molecule has 3 aromatic rings. The summed E-state index contributed by atoms with van der Waals surface area (Å²) in [4.78, 5) is 35.0. The quantitative estimate of drug-likeness (QED) is 0.473. The van der Waals surface area contributed by atoms with Crippen molar-refractivity contribution in [3.05, 3.63) is 71.0 Å². The maximum atomic E-state index is 12.5. The number of ether oxygens (including phenoxy) is 1. The number of carbonyl (C=O) groups is 2. The van der Waals surface area contributed by atoms with E-state index in [9.17, 15) is 9.59 Å². The highest BCUT2D eigenvalue weighted by molar-refractivity contribution is 6.34. The number of halogens is 1. The van der Waals surface area contributed by atoms with Gasteiger partial charge in [-0.25, -0.2) is 4.98 Å². The number of carbonyl (C=O) groups excluding carboxylic acids is 2. The Morgan fingerprint density at radius 1 is 1.12 bits per heavy atom. The first-order valence-electron chi connectivity index (χ1n) is 11.3. The molecule has 176 valence electrons. The average molecular weight is 479 g/mol. The predicted molar refractivity (Wildman–Crippen MR) is 132 cm³/mol. The van der Waals surface area contributed by atoms with Gasteiger partial charge in [-0.15, -0.1) is 0 Å². The van der Waals surface area contributed by atoms with E-state index in [1.165, 1.54) is 6.20 Å². The minimum Gasteiger partial charge on any atom is -0.478 e. The number of anilines is 1. The third-order valence-electron chi connectivity index (χ3n) is 5.62. The van der Waals surface area contributed by atoms with Gasteiger partial charge >= 0.3 is 0 Å². The summed E-state index contributed by atoms with van der Waals surface area (Å²) in [5.41, 5.74) is 3.55. The van der Waals surface area contributed by atoms with Gasteiger partial charge in [0.1, 0.15) is 0 Å². The van der Waals surface area contributed by atoms with Crippen LogP contribution >= 0.6 is 11.6 Å². The first-order valence-corrected chi connectivity index (χ1v) is 11.7. The van der Waals surface area contributed by atoms with Gasteiger partial charge in [0, 0.05) is 44.0 Å². The summed E-state index contributed by atoms with van der Waals surface area (Å²) in [5.74, 6) is 0.877. The molecular formula is C26H27ClN4O3. The number of nitrogens with zero attached hydrogens (tertiary/aromatic N) is 3. The molecule has 0 spiro atoms. The second kappa shape index (κ2) is 10.7. The minimum absolute atomic E-state index is 0.0175. The van der Waals surface area contributed by atoms with Crippen LogP contribution in [0.3, 0.4) is 0 Å². The molecule has 0 bridgehead atoms. The molecule has 1 saturated carbocycles. The second-order valence-corrected chi connectivity index (χ2v) is 8.70. The van der Waals surface area contributed by atoms with E-state index in [1.54, 1.807) is 42.3 Å². The molecule has 1 aliphatic carbocycles. The van der Waals surface area contributed by atoms with Crippen LogP contribution in [0.5, 0.6) is 5.88 Å². The number of pyridine rings is 2. The monoisotopic (exact) mass is 478 g/mol. The molecule has 8 heteroatoms. The largest absolute Gasteiger partial charge is 0.478 e. The van der Waals surface area contributed by atoms with Crippen LogP contribution in [-0.2, 0) is 11.3 Å². The number of benzene rings is 1. The molecule has 0 atom stereocenters. The maximum absolute atomic E-state index is 12.5. The maximum Gasteiger partial charge on any atom is 0.253 e. The van der Waals surface area contributed by atoms with Crippen LogP contribution in [0.15, 0.2) is 54.9 Å². The zero-order valence-corrected chi connectivity index (χ0v) is 20.0. The smallest absolute Gasteiger partial charge is 0.253 e. The van der Waals surface area contributed by atoms with Crippen LogP contribution in [0.4, 0.5) is 5.69 Å². The fraction of sp³-hybridized carbons (Fsp3) is 0.308. The zero-order chi connectivity index (χ0) is 24.1. The average Bonchev–Trinajstić information content (AvgIpc) is 3.67. The second-order valence-electron chi connectivity index (χ2n) is 8.29. The first-order chi connectivity index (χ1) is 16.4. The Balaban J connectivity index is 1.40. The van der Waals surface area contributed by atoms with Crippen LogP contribution in [0.25, 0.3) is 11.3 Å². The van der Waals surface area contributed by atoms with Crippen LogP contribution < -0.4 is 15.0 Å². The molecule has 2 aromatic heterocycles. The highest BCUT2D eigenvalue weighted by Gasteiger charge is 2.27. The van der Waals surface area contributed by atoms with Crippen LogP contribution in [0.2, 0.25) is 5.02 Å².